The minimum atomic E-state index is -0.546. The maximum atomic E-state index is 13.1. The highest BCUT2D eigenvalue weighted by atomic mass is 32.2. The number of hydrogen-bond acceptors (Lipinski definition) is 5. The van der Waals surface area contributed by atoms with Crippen LogP contribution in [0.15, 0.2) is 29.2 Å². The first-order valence-corrected chi connectivity index (χ1v) is 11.2. The summed E-state index contributed by atoms with van der Waals surface area (Å²) in [4.78, 5) is 38.3. The molecule has 1 amide bonds. The Kier molecular flexibility index (Phi) is 5.02. The van der Waals surface area contributed by atoms with Crippen molar-refractivity contribution >= 4 is 29.4 Å². The predicted octanol–water partition coefficient (Wildman–Crippen LogP) is 3.61. The Bertz CT molecular complexity index is 789. The van der Waals surface area contributed by atoms with Gasteiger partial charge in [0, 0.05) is 22.9 Å². The van der Waals surface area contributed by atoms with E-state index in [1.165, 1.54) is 0 Å². The summed E-state index contributed by atoms with van der Waals surface area (Å²) < 4.78 is 5.54. The molecule has 4 saturated carbocycles. The van der Waals surface area contributed by atoms with Gasteiger partial charge in [0.1, 0.15) is 0 Å². The van der Waals surface area contributed by atoms with Crippen LogP contribution in [-0.2, 0) is 14.3 Å². The van der Waals surface area contributed by atoms with Crippen LogP contribution in [0.2, 0.25) is 0 Å². The van der Waals surface area contributed by atoms with E-state index in [0.717, 1.165) is 37.0 Å². The van der Waals surface area contributed by atoms with E-state index in [9.17, 15) is 14.4 Å². The molecular formula is C22H27NO4S. The zero-order valence-electron chi connectivity index (χ0n) is 16.5. The van der Waals surface area contributed by atoms with Crippen LogP contribution in [0.3, 0.4) is 0 Å². The Hall–Kier alpha value is -1.82. The number of carbonyl (C=O) groups excluding carboxylic acids is 3. The molecule has 1 N–H and O–H groups in total. The Morgan fingerprint density at radius 1 is 1.11 bits per heavy atom. The summed E-state index contributed by atoms with van der Waals surface area (Å²) in [6.07, 6.45) is 7.31. The molecule has 4 aliphatic rings. The molecule has 2 unspecified atom stereocenters. The van der Waals surface area contributed by atoms with Crippen molar-refractivity contribution in [3.8, 4) is 0 Å². The van der Waals surface area contributed by atoms with Crippen LogP contribution in [0.25, 0.3) is 0 Å². The average Bonchev–Trinajstić information content (AvgIpc) is 2.63. The SMILES string of the molecule is CSc1ccc(C(=O)COC(=O)C23CC4CC(CC(NC(C)=O)(C4)C2)C3)cc1. The zero-order chi connectivity index (χ0) is 19.9. The van der Waals surface area contributed by atoms with Crippen molar-refractivity contribution in [2.45, 2.75) is 55.9 Å². The minimum absolute atomic E-state index is 0.0330. The number of ketones is 1. The smallest absolute Gasteiger partial charge is 0.312 e. The molecule has 28 heavy (non-hydrogen) atoms. The summed E-state index contributed by atoms with van der Waals surface area (Å²) in [6.45, 7) is 1.33. The zero-order valence-corrected chi connectivity index (χ0v) is 17.3. The third-order valence-electron chi connectivity index (χ3n) is 6.68. The van der Waals surface area contributed by atoms with Crippen molar-refractivity contribution in [1.82, 2.24) is 5.32 Å². The molecule has 0 aromatic heterocycles. The van der Waals surface area contributed by atoms with Crippen molar-refractivity contribution in [1.29, 1.82) is 0 Å². The summed E-state index contributed by atoms with van der Waals surface area (Å²) in [5.41, 5.74) is -0.256. The highest BCUT2D eigenvalue weighted by Crippen LogP contribution is 2.62. The second kappa shape index (κ2) is 7.21. The fraction of sp³-hybridized carbons (Fsp3) is 0.591. The standard InChI is InChI=1S/C22H27NO4S/c1-14(24)23-22-10-15-7-16(11-22)9-21(8-15,13-22)20(26)27-12-19(25)17-3-5-18(28-2)6-4-17/h3-6,15-16H,7-13H2,1-2H3,(H,23,24). The lowest BCUT2D eigenvalue weighted by atomic mass is 9.47. The largest absolute Gasteiger partial charge is 0.457 e. The number of amides is 1. The number of carbonyl (C=O) groups is 3. The van der Waals surface area contributed by atoms with E-state index in [2.05, 4.69) is 5.32 Å². The van der Waals surface area contributed by atoms with Gasteiger partial charge < -0.3 is 10.1 Å². The number of nitrogens with one attached hydrogen (secondary N) is 1. The molecule has 2 atom stereocenters. The molecule has 4 aliphatic carbocycles. The van der Waals surface area contributed by atoms with Crippen LogP contribution in [0.4, 0.5) is 0 Å². The van der Waals surface area contributed by atoms with E-state index in [4.69, 9.17) is 4.74 Å². The predicted molar refractivity (Wildman–Crippen MR) is 107 cm³/mol. The van der Waals surface area contributed by atoms with Crippen molar-refractivity contribution in [2.24, 2.45) is 17.3 Å². The Labute approximate surface area is 170 Å². The molecule has 6 heteroatoms. The summed E-state index contributed by atoms with van der Waals surface area (Å²) in [6, 6.07) is 7.35. The van der Waals surface area contributed by atoms with Gasteiger partial charge in [0.05, 0.1) is 5.41 Å². The highest BCUT2D eigenvalue weighted by Gasteiger charge is 2.61. The van der Waals surface area contributed by atoms with Crippen LogP contribution in [0.5, 0.6) is 0 Å². The number of hydrogen-bond donors (Lipinski definition) is 1. The van der Waals surface area contributed by atoms with E-state index >= 15 is 0 Å². The molecular weight excluding hydrogens is 374 g/mol. The third-order valence-corrected chi connectivity index (χ3v) is 7.43. The average molecular weight is 402 g/mol. The van der Waals surface area contributed by atoms with Gasteiger partial charge in [-0.25, -0.2) is 0 Å². The Balaban J connectivity index is 1.44. The molecule has 4 fully saturated rings. The van der Waals surface area contributed by atoms with Crippen molar-refractivity contribution in [3.63, 3.8) is 0 Å². The summed E-state index contributed by atoms with van der Waals surface area (Å²) in [7, 11) is 0. The van der Waals surface area contributed by atoms with Gasteiger partial charge in [0.2, 0.25) is 5.91 Å². The molecule has 4 bridgehead atoms. The van der Waals surface area contributed by atoms with Gasteiger partial charge in [0.25, 0.3) is 0 Å². The van der Waals surface area contributed by atoms with Crippen LogP contribution in [0, 0.1) is 17.3 Å². The lowest BCUT2D eigenvalue weighted by Crippen LogP contribution is -2.64. The van der Waals surface area contributed by atoms with Crippen LogP contribution in [0.1, 0.15) is 55.8 Å². The lowest BCUT2D eigenvalue weighted by Gasteiger charge is -2.60. The maximum absolute atomic E-state index is 13.1. The van der Waals surface area contributed by atoms with E-state index < -0.39 is 5.41 Å². The Morgan fingerprint density at radius 2 is 1.75 bits per heavy atom. The third kappa shape index (κ3) is 3.59. The number of rotatable bonds is 6. The molecule has 0 saturated heterocycles. The number of esters is 1. The minimum Gasteiger partial charge on any atom is -0.457 e. The topological polar surface area (TPSA) is 72.5 Å². The molecule has 0 aliphatic heterocycles. The van der Waals surface area contributed by atoms with Gasteiger partial charge in [-0.15, -0.1) is 11.8 Å². The van der Waals surface area contributed by atoms with Crippen molar-refractivity contribution in [3.05, 3.63) is 29.8 Å². The highest BCUT2D eigenvalue weighted by molar-refractivity contribution is 7.98. The van der Waals surface area contributed by atoms with Crippen LogP contribution in [-0.4, -0.2) is 36.1 Å². The fourth-order valence-corrected chi connectivity index (χ4v) is 6.57. The first-order chi connectivity index (χ1) is 13.3. The molecule has 0 radical (unpaired) electrons. The second-order valence-corrected chi connectivity index (χ2v) is 9.81. The molecule has 1 aromatic carbocycles. The van der Waals surface area contributed by atoms with Gasteiger partial charge in [0.15, 0.2) is 12.4 Å². The molecule has 0 heterocycles. The summed E-state index contributed by atoms with van der Waals surface area (Å²) >= 11 is 1.62. The van der Waals surface area contributed by atoms with Gasteiger partial charge in [-0.1, -0.05) is 12.1 Å². The molecule has 5 nitrogen and oxygen atoms in total. The molecule has 1 aromatic rings. The quantitative estimate of drug-likeness (QED) is 0.448. The maximum Gasteiger partial charge on any atom is 0.312 e. The number of thioether (sulfide) groups is 1. The van der Waals surface area contributed by atoms with E-state index in [1.54, 1.807) is 30.8 Å². The summed E-state index contributed by atoms with van der Waals surface area (Å²) in [5, 5.41) is 3.15. The van der Waals surface area contributed by atoms with E-state index in [1.807, 2.05) is 18.4 Å². The van der Waals surface area contributed by atoms with Crippen molar-refractivity contribution in [2.75, 3.05) is 12.9 Å². The van der Waals surface area contributed by atoms with Gasteiger partial charge in [-0.05, 0) is 68.7 Å². The van der Waals surface area contributed by atoms with E-state index in [0.29, 0.717) is 23.8 Å². The second-order valence-electron chi connectivity index (χ2n) is 8.93. The first kappa shape index (κ1) is 19.5. The monoisotopic (exact) mass is 401 g/mol. The molecule has 150 valence electrons. The Morgan fingerprint density at radius 3 is 2.32 bits per heavy atom. The normalized spacial score (nSPS) is 32.8. The number of benzene rings is 1. The lowest BCUT2D eigenvalue weighted by molar-refractivity contribution is -0.174. The van der Waals surface area contributed by atoms with Crippen LogP contribution < -0.4 is 5.32 Å². The van der Waals surface area contributed by atoms with Crippen molar-refractivity contribution < 1.29 is 19.1 Å². The molecule has 5 rings (SSSR count). The first-order valence-electron chi connectivity index (χ1n) is 9.96. The van der Waals surface area contributed by atoms with Gasteiger partial charge >= 0.3 is 5.97 Å². The van der Waals surface area contributed by atoms with E-state index in [-0.39, 0.29) is 29.8 Å². The van der Waals surface area contributed by atoms with Gasteiger partial charge in [-0.3, -0.25) is 14.4 Å². The number of ether oxygens (including phenoxy) is 1. The fourth-order valence-electron chi connectivity index (χ4n) is 6.17. The summed E-state index contributed by atoms with van der Waals surface area (Å²) in [5.74, 6) is 0.438. The van der Waals surface area contributed by atoms with Crippen LogP contribution >= 0.6 is 11.8 Å². The van der Waals surface area contributed by atoms with Gasteiger partial charge in [-0.2, -0.15) is 0 Å². The molecule has 0 spiro atoms. The number of Topliss-reactive ketones (excluding diaryl/α,β-unsaturated/α-hetero) is 1.